The van der Waals surface area contributed by atoms with Crippen molar-refractivity contribution in [2.45, 2.75) is 19.3 Å². The zero-order chi connectivity index (χ0) is 7.94. The summed E-state index contributed by atoms with van der Waals surface area (Å²) in [6.45, 7) is 0. The number of aldehydes is 1. The van der Waals surface area contributed by atoms with Crippen LogP contribution in [0.5, 0.6) is 0 Å². The van der Waals surface area contributed by atoms with Crippen LogP contribution in [0.15, 0.2) is 0 Å². The van der Waals surface area contributed by atoms with Crippen molar-refractivity contribution < 1.29 is 4.79 Å². The van der Waals surface area contributed by atoms with E-state index in [-0.39, 0.29) is 0 Å². The predicted octanol–water partition coefficient (Wildman–Crippen LogP) is 1.72. The van der Waals surface area contributed by atoms with Gasteiger partial charge in [-0.3, -0.25) is 4.79 Å². The highest BCUT2D eigenvalue weighted by Gasteiger charge is 2.11. The first kappa shape index (κ1) is 8.67. The van der Waals surface area contributed by atoms with E-state index < -0.39 is 0 Å². The highest BCUT2D eigenvalue weighted by atomic mass is 32.2. The van der Waals surface area contributed by atoms with Gasteiger partial charge in [0.15, 0.2) is 6.29 Å². The van der Waals surface area contributed by atoms with Crippen molar-refractivity contribution in [2.24, 2.45) is 5.92 Å². The maximum Gasteiger partial charge on any atom is 0.192 e. The van der Waals surface area contributed by atoms with Crippen molar-refractivity contribution in [3.8, 4) is 11.8 Å². The van der Waals surface area contributed by atoms with Gasteiger partial charge in [0.25, 0.3) is 0 Å². The Kier molecular flexibility index (Phi) is 4.15. The zero-order valence-electron chi connectivity index (χ0n) is 6.51. The molecule has 11 heavy (non-hydrogen) atoms. The minimum Gasteiger partial charge on any atom is -0.289 e. The Bertz CT molecular complexity index is 172. The summed E-state index contributed by atoms with van der Waals surface area (Å²) in [4.78, 5) is 9.87. The Morgan fingerprint density at radius 2 is 2.18 bits per heavy atom. The zero-order valence-corrected chi connectivity index (χ0v) is 7.32. The molecule has 1 nitrogen and oxygen atoms in total. The minimum atomic E-state index is 0.678. The van der Waals surface area contributed by atoms with E-state index in [1.54, 1.807) is 0 Å². The first-order valence-corrected chi connectivity index (χ1v) is 5.08. The van der Waals surface area contributed by atoms with E-state index in [2.05, 4.69) is 11.8 Å². The van der Waals surface area contributed by atoms with E-state index in [1.165, 1.54) is 24.3 Å². The van der Waals surface area contributed by atoms with Gasteiger partial charge in [0.1, 0.15) is 0 Å². The quantitative estimate of drug-likeness (QED) is 0.438. The van der Waals surface area contributed by atoms with Gasteiger partial charge >= 0.3 is 0 Å². The summed E-state index contributed by atoms with van der Waals surface area (Å²) in [5.74, 6) is 8.63. The van der Waals surface area contributed by atoms with Crippen molar-refractivity contribution in [1.29, 1.82) is 0 Å². The second-order valence-electron chi connectivity index (χ2n) is 2.70. The van der Waals surface area contributed by atoms with Gasteiger partial charge in [-0.05, 0) is 36.2 Å². The fourth-order valence-electron chi connectivity index (χ4n) is 1.20. The molecule has 0 aromatic carbocycles. The molecule has 0 aliphatic carbocycles. The summed E-state index contributed by atoms with van der Waals surface area (Å²) in [7, 11) is 0. The van der Waals surface area contributed by atoms with Gasteiger partial charge < -0.3 is 0 Å². The normalized spacial score (nSPS) is 18.5. The van der Waals surface area contributed by atoms with E-state index in [0.29, 0.717) is 6.29 Å². The van der Waals surface area contributed by atoms with Crippen molar-refractivity contribution in [1.82, 2.24) is 0 Å². The van der Waals surface area contributed by atoms with Crippen LogP contribution in [0.1, 0.15) is 19.3 Å². The molecule has 0 spiro atoms. The van der Waals surface area contributed by atoms with E-state index in [0.717, 1.165) is 12.3 Å². The lowest BCUT2D eigenvalue weighted by Gasteiger charge is -2.18. The molecule has 1 aliphatic heterocycles. The fraction of sp³-hybridized carbons (Fsp3) is 0.667. The second kappa shape index (κ2) is 5.26. The summed E-state index contributed by atoms with van der Waals surface area (Å²) in [5, 5.41) is 0. The number of hydrogen-bond acceptors (Lipinski definition) is 2. The molecule has 1 rings (SSSR count). The molecule has 0 N–H and O–H groups in total. The largest absolute Gasteiger partial charge is 0.289 e. The predicted molar refractivity (Wildman–Crippen MR) is 48.5 cm³/mol. The molecular weight excluding hydrogens is 156 g/mol. The molecule has 0 aromatic rings. The average molecular weight is 168 g/mol. The van der Waals surface area contributed by atoms with E-state index in [1.807, 2.05) is 11.8 Å². The summed E-state index contributed by atoms with van der Waals surface area (Å²) >= 11 is 2.02. The Labute approximate surface area is 71.9 Å². The lowest BCUT2D eigenvalue weighted by Crippen LogP contribution is -2.08. The SMILES string of the molecule is O=CC#CCC1CCSCC1. The summed E-state index contributed by atoms with van der Waals surface area (Å²) in [6, 6.07) is 0. The van der Waals surface area contributed by atoms with Crippen molar-refractivity contribution in [3.05, 3.63) is 0 Å². The number of carbonyl (C=O) groups excluding carboxylic acids is 1. The number of rotatable bonds is 1. The topological polar surface area (TPSA) is 17.1 Å². The number of thioether (sulfide) groups is 1. The molecule has 1 fully saturated rings. The molecule has 0 bridgehead atoms. The number of carbonyl (C=O) groups is 1. The Balaban J connectivity index is 2.19. The van der Waals surface area contributed by atoms with Crippen LogP contribution in [0.2, 0.25) is 0 Å². The average Bonchev–Trinajstić information content (AvgIpc) is 2.07. The smallest absolute Gasteiger partial charge is 0.192 e. The first-order chi connectivity index (χ1) is 5.43. The molecule has 0 unspecified atom stereocenters. The summed E-state index contributed by atoms with van der Waals surface area (Å²) < 4.78 is 0. The van der Waals surface area contributed by atoms with Crippen LogP contribution in [0.3, 0.4) is 0 Å². The fourth-order valence-corrected chi connectivity index (χ4v) is 2.40. The monoisotopic (exact) mass is 168 g/mol. The third kappa shape index (κ3) is 3.48. The molecule has 1 heterocycles. The van der Waals surface area contributed by atoms with Crippen LogP contribution < -0.4 is 0 Å². The van der Waals surface area contributed by atoms with E-state index in [9.17, 15) is 4.79 Å². The first-order valence-electron chi connectivity index (χ1n) is 3.93. The summed E-state index contributed by atoms with van der Waals surface area (Å²) in [6.07, 6.45) is 4.15. The van der Waals surface area contributed by atoms with Crippen LogP contribution in [0.25, 0.3) is 0 Å². The lowest BCUT2D eigenvalue weighted by molar-refractivity contribution is -0.103. The van der Waals surface area contributed by atoms with Crippen LogP contribution in [-0.2, 0) is 4.79 Å². The lowest BCUT2D eigenvalue weighted by atomic mass is 9.99. The third-order valence-corrected chi connectivity index (χ3v) is 2.94. The highest BCUT2D eigenvalue weighted by Crippen LogP contribution is 2.24. The maximum absolute atomic E-state index is 9.87. The van der Waals surface area contributed by atoms with E-state index in [4.69, 9.17) is 0 Å². The molecule has 1 aliphatic rings. The second-order valence-corrected chi connectivity index (χ2v) is 3.92. The minimum absolute atomic E-state index is 0.678. The molecule has 0 aromatic heterocycles. The van der Waals surface area contributed by atoms with Crippen LogP contribution in [-0.4, -0.2) is 17.8 Å². The van der Waals surface area contributed by atoms with Crippen LogP contribution in [0, 0.1) is 17.8 Å². The highest BCUT2D eigenvalue weighted by molar-refractivity contribution is 7.99. The number of hydrogen-bond donors (Lipinski definition) is 0. The van der Waals surface area contributed by atoms with Crippen LogP contribution in [0.4, 0.5) is 0 Å². The Hall–Kier alpha value is -0.420. The van der Waals surface area contributed by atoms with Crippen LogP contribution >= 0.6 is 11.8 Å². The van der Waals surface area contributed by atoms with Gasteiger partial charge in [-0.2, -0.15) is 11.8 Å². The van der Waals surface area contributed by atoms with Gasteiger partial charge in [0.05, 0.1) is 0 Å². The molecule has 0 atom stereocenters. The Morgan fingerprint density at radius 1 is 1.45 bits per heavy atom. The Morgan fingerprint density at radius 3 is 2.82 bits per heavy atom. The molecule has 60 valence electrons. The molecule has 2 heteroatoms. The van der Waals surface area contributed by atoms with Gasteiger partial charge in [-0.15, -0.1) is 0 Å². The van der Waals surface area contributed by atoms with Crippen molar-refractivity contribution in [3.63, 3.8) is 0 Å². The molecule has 1 saturated heterocycles. The molecular formula is C9H12OS. The third-order valence-electron chi connectivity index (χ3n) is 1.89. The van der Waals surface area contributed by atoms with Crippen molar-refractivity contribution in [2.75, 3.05) is 11.5 Å². The molecule has 0 radical (unpaired) electrons. The maximum atomic E-state index is 9.87. The standard InChI is InChI=1S/C9H12OS/c10-6-2-1-3-9-4-7-11-8-5-9/h6,9H,3-5,7-8H2. The van der Waals surface area contributed by atoms with Gasteiger partial charge in [0, 0.05) is 6.42 Å². The molecule has 0 saturated carbocycles. The summed E-state index contributed by atoms with van der Waals surface area (Å²) in [5.41, 5.74) is 0. The molecule has 0 amide bonds. The van der Waals surface area contributed by atoms with Gasteiger partial charge in [-0.1, -0.05) is 5.92 Å². The van der Waals surface area contributed by atoms with Gasteiger partial charge in [-0.25, -0.2) is 0 Å². The van der Waals surface area contributed by atoms with Gasteiger partial charge in [0.2, 0.25) is 0 Å². The van der Waals surface area contributed by atoms with E-state index >= 15 is 0 Å². The van der Waals surface area contributed by atoms with Crippen molar-refractivity contribution >= 4 is 18.0 Å².